The van der Waals surface area contributed by atoms with E-state index >= 15 is 0 Å². The molecule has 1 rings (SSSR count). The first-order valence-corrected chi connectivity index (χ1v) is 5.06. The van der Waals surface area contributed by atoms with Crippen molar-refractivity contribution >= 4 is 0 Å². The average molecular weight is 193 g/mol. The fourth-order valence-corrected chi connectivity index (χ4v) is 1.60. The molecule has 1 aromatic rings. The Morgan fingerprint density at radius 3 is 2.21 bits per heavy atom. The van der Waals surface area contributed by atoms with Crippen LogP contribution in [0.15, 0.2) is 16.9 Å². The van der Waals surface area contributed by atoms with Crippen LogP contribution < -0.4 is 5.56 Å². The molecule has 0 spiro atoms. The summed E-state index contributed by atoms with van der Waals surface area (Å²) in [5, 5.41) is 0. The van der Waals surface area contributed by atoms with Crippen LogP contribution in [0, 0.1) is 0 Å². The van der Waals surface area contributed by atoms with Gasteiger partial charge in [0.05, 0.1) is 0 Å². The molecule has 1 heterocycles. The van der Waals surface area contributed by atoms with Crippen molar-refractivity contribution in [3.63, 3.8) is 0 Å². The molecule has 0 atom stereocenters. The third-order valence-corrected chi connectivity index (χ3v) is 2.33. The van der Waals surface area contributed by atoms with E-state index in [2.05, 4.69) is 39.6 Å². The molecule has 78 valence electrons. The van der Waals surface area contributed by atoms with E-state index in [4.69, 9.17) is 0 Å². The van der Waals surface area contributed by atoms with E-state index in [-0.39, 0.29) is 11.0 Å². The van der Waals surface area contributed by atoms with Gasteiger partial charge in [0.1, 0.15) is 0 Å². The summed E-state index contributed by atoms with van der Waals surface area (Å²) in [5.41, 5.74) is 2.36. The van der Waals surface area contributed by atoms with Crippen molar-refractivity contribution in [2.45, 2.75) is 46.0 Å². The third kappa shape index (κ3) is 2.25. The van der Waals surface area contributed by atoms with Gasteiger partial charge in [-0.25, -0.2) is 0 Å². The summed E-state index contributed by atoms with van der Waals surface area (Å²) in [6, 6.07) is 3.54. The third-order valence-electron chi connectivity index (χ3n) is 2.33. The molecule has 0 unspecified atom stereocenters. The predicted molar refractivity (Wildman–Crippen MR) is 59.9 cm³/mol. The van der Waals surface area contributed by atoms with Gasteiger partial charge in [0.25, 0.3) is 0 Å². The molecule has 14 heavy (non-hydrogen) atoms. The lowest BCUT2D eigenvalue weighted by molar-refractivity contribution is 0.569. The highest BCUT2D eigenvalue weighted by atomic mass is 16.1. The van der Waals surface area contributed by atoms with Crippen LogP contribution in [0.1, 0.15) is 51.8 Å². The van der Waals surface area contributed by atoms with E-state index in [1.165, 1.54) is 5.56 Å². The molecular weight excluding hydrogens is 174 g/mol. The minimum atomic E-state index is -0.0123. The zero-order valence-electron chi connectivity index (χ0n) is 9.64. The largest absolute Gasteiger partial charge is 0.326 e. The van der Waals surface area contributed by atoms with Gasteiger partial charge in [-0.1, -0.05) is 40.7 Å². The van der Waals surface area contributed by atoms with Crippen LogP contribution in [0.4, 0.5) is 0 Å². The Hall–Kier alpha value is -1.05. The predicted octanol–water partition coefficient (Wildman–Crippen LogP) is 2.80. The summed E-state index contributed by atoms with van der Waals surface area (Å²) in [7, 11) is 0. The Morgan fingerprint density at radius 1 is 1.21 bits per heavy atom. The van der Waals surface area contributed by atoms with E-state index in [0.29, 0.717) is 5.92 Å². The van der Waals surface area contributed by atoms with Crippen molar-refractivity contribution in [3.05, 3.63) is 33.7 Å². The molecule has 0 aliphatic heterocycles. The van der Waals surface area contributed by atoms with Gasteiger partial charge in [0, 0.05) is 11.8 Å². The molecule has 2 heteroatoms. The van der Waals surface area contributed by atoms with Gasteiger partial charge >= 0.3 is 0 Å². The summed E-state index contributed by atoms with van der Waals surface area (Å²) in [5.74, 6) is 0.359. The SMILES string of the molecule is CC(C)c1[nH]c(=O)ccc1C(C)(C)C. The molecule has 0 fully saturated rings. The Kier molecular flexibility index (Phi) is 2.84. The Labute approximate surface area is 85.4 Å². The first kappa shape index (κ1) is 11.0. The number of pyridine rings is 1. The number of aromatic nitrogens is 1. The minimum absolute atomic E-state index is 0.0123. The molecule has 1 aromatic heterocycles. The summed E-state index contributed by atoms with van der Waals surface area (Å²) >= 11 is 0. The van der Waals surface area contributed by atoms with Crippen LogP contribution >= 0.6 is 0 Å². The standard InChI is InChI=1S/C12H19NO/c1-8(2)11-9(12(3,4)5)6-7-10(14)13-11/h6-8H,1-5H3,(H,13,14). The summed E-state index contributed by atoms with van der Waals surface area (Å²) in [6.07, 6.45) is 0. The zero-order chi connectivity index (χ0) is 10.9. The molecule has 0 saturated heterocycles. The van der Waals surface area contributed by atoms with E-state index in [1.807, 2.05) is 6.07 Å². The van der Waals surface area contributed by atoms with Crippen molar-refractivity contribution in [1.29, 1.82) is 0 Å². The second kappa shape index (κ2) is 3.60. The maximum Gasteiger partial charge on any atom is 0.248 e. The normalized spacial score (nSPS) is 12.1. The number of hydrogen-bond donors (Lipinski definition) is 1. The molecule has 1 N–H and O–H groups in total. The van der Waals surface area contributed by atoms with Crippen LogP contribution in [0.5, 0.6) is 0 Å². The van der Waals surface area contributed by atoms with E-state index in [9.17, 15) is 4.79 Å². The second-order valence-corrected chi connectivity index (χ2v) is 5.05. The van der Waals surface area contributed by atoms with Crippen molar-refractivity contribution in [2.24, 2.45) is 0 Å². The summed E-state index contributed by atoms with van der Waals surface area (Å²) in [4.78, 5) is 14.1. The molecular formula is C12H19NO. The van der Waals surface area contributed by atoms with Gasteiger partial charge in [-0.15, -0.1) is 0 Å². The average Bonchev–Trinajstić information content (AvgIpc) is 2.01. The fourth-order valence-electron chi connectivity index (χ4n) is 1.60. The van der Waals surface area contributed by atoms with Crippen molar-refractivity contribution in [2.75, 3.05) is 0 Å². The lowest BCUT2D eigenvalue weighted by atomic mass is 9.83. The molecule has 0 aliphatic rings. The molecule has 2 nitrogen and oxygen atoms in total. The highest BCUT2D eigenvalue weighted by Gasteiger charge is 2.19. The van der Waals surface area contributed by atoms with Crippen molar-refractivity contribution in [3.8, 4) is 0 Å². The summed E-state index contributed by atoms with van der Waals surface area (Å²) < 4.78 is 0. The lowest BCUT2D eigenvalue weighted by Gasteiger charge is -2.23. The highest BCUT2D eigenvalue weighted by molar-refractivity contribution is 5.29. The number of aromatic amines is 1. The number of nitrogens with one attached hydrogen (secondary N) is 1. The molecule has 0 amide bonds. The molecule has 0 bridgehead atoms. The van der Waals surface area contributed by atoms with Crippen LogP contribution in [0.25, 0.3) is 0 Å². The van der Waals surface area contributed by atoms with Crippen molar-refractivity contribution in [1.82, 2.24) is 4.98 Å². The quantitative estimate of drug-likeness (QED) is 0.731. The monoisotopic (exact) mass is 193 g/mol. The highest BCUT2D eigenvalue weighted by Crippen LogP contribution is 2.27. The van der Waals surface area contributed by atoms with Crippen LogP contribution in [-0.4, -0.2) is 4.98 Å². The number of rotatable bonds is 1. The van der Waals surface area contributed by atoms with Gasteiger partial charge in [-0.2, -0.15) is 0 Å². The number of H-pyrrole nitrogens is 1. The molecule has 0 aliphatic carbocycles. The first-order chi connectivity index (χ1) is 6.32. The smallest absolute Gasteiger partial charge is 0.248 e. The minimum Gasteiger partial charge on any atom is -0.326 e. The lowest BCUT2D eigenvalue weighted by Crippen LogP contribution is -2.20. The van der Waals surface area contributed by atoms with Gasteiger partial charge < -0.3 is 4.98 Å². The van der Waals surface area contributed by atoms with Crippen LogP contribution in [-0.2, 0) is 5.41 Å². The molecule has 0 radical (unpaired) electrons. The van der Waals surface area contributed by atoms with E-state index < -0.39 is 0 Å². The maximum absolute atomic E-state index is 11.2. The molecule has 0 aromatic carbocycles. The van der Waals surface area contributed by atoms with E-state index in [1.54, 1.807) is 6.07 Å². The van der Waals surface area contributed by atoms with Crippen LogP contribution in [0.3, 0.4) is 0 Å². The van der Waals surface area contributed by atoms with Gasteiger partial charge in [-0.3, -0.25) is 4.79 Å². The Morgan fingerprint density at radius 2 is 1.79 bits per heavy atom. The van der Waals surface area contributed by atoms with Gasteiger partial charge in [0.15, 0.2) is 0 Å². The Bertz CT molecular complexity index is 369. The summed E-state index contributed by atoms with van der Waals surface area (Å²) in [6.45, 7) is 10.7. The maximum atomic E-state index is 11.2. The fraction of sp³-hybridized carbons (Fsp3) is 0.583. The van der Waals surface area contributed by atoms with Gasteiger partial charge in [0.2, 0.25) is 5.56 Å². The number of hydrogen-bond acceptors (Lipinski definition) is 1. The second-order valence-electron chi connectivity index (χ2n) is 5.05. The van der Waals surface area contributed by atoms with Gasteiger partial charge in [-0.05, 0) is 16.9 Å². The van der Waals surface area contributed by atoms with E-state index in [0.717, 1.165) is 5.69 Å². The zero-order valence-corrected chi connectivity index (χ0v) is 9.64. The Balaban J connectivity index is 3.37. The topological polar surface area (TPSA) is 32.9 Å². The van der Waals surface area contributed by atoms with Crippen molar-refractivity contribution < 1.29 is 0 Å². The first-order valence-electron chi connectivity index (χ1n) is 5.06. The molecule has 0 saturated carbocycles. The van der Waals surface area contributed by atoms with Crippen LogP contribution in [0.2, 0.25) is 0 Å².